The fourth-order valence-corrected chi connectivity index (χ4v) is 1.52. The van der Waals surface area contributed by atoms with Crippen LogP contribution in [0, 0.1) is 10.1 Å². The molecule has 2 rings (SSSR count). The van der Waals surface area contributed by atoms with Crippen LogP contribution in [0.5, 0.6) is 0 Å². The number of alkyl halides is 4. The molecule has 1 aliphatic rings. The molecule has 92 valence electrons. The summed E-state index contributed by atoms with van der Waals surface area (Å²) in [4.78, 5) is 9.41. The fourth-order valence-electron chi connectivity index (χ4n) is 1.52. The maximum atomic E-state index is 13.0. The van der Waals surface area contributed by atoms with Gasteiger partial charge in [0.15, 0.2) is 0 Å². The average molecular weight is 252 g/mol. The largest absolute Gasteiger partial charge is 0.393 e. The van der Waals surface area contributed by atoms with Gasteiger partial charge in [-0.25, -0.2) is 4.74 Å². The Morgan fingerprint density at radius 1 is 1.18 bits per heavy atom. The Morgan fingerprint density at radius 2 is 1.65 bits per heavy atom. The van der Waals surface area contributed by atoms with Gasteiger partial charge in [-0.1, -0.05) is 0 Å². The zero-order valence-electron chi connectivity index (χ0n) is 7.92. The first-order valence-electron chi connectivity index (χ1n) is 4.20. The Kier molecular flexibility index (Phi) is 2.09. The summed E-state index contributed by atoms with van der Waals surface area (Å²) in [5.41, 5.74) is 1.22. The third-order valence-electron chi connectivity index (χ3n) is 2.25. The molecule has 0 saturated carbocycles. The first kappa shape index (κ1) is 11.6. The van der Waals surface area contributed by atoms with Crippen LogP contribution >= 0.6 is 0 Å². The summed E-state index contributed by atoms with van der Waals surface area (Å²) in [6, 6.07) is 0.722. The van der Waals surface area contributed by atoms with Gasteiger partial charge in [-0.05, 0) is 6.07 Å². The van der Waals surface area contributed by atoms with E-state index in [0.29, 0.717) is 12.1 Å². The van der Waals surface area contributed by atoms with Crippen LogP contribution in [0.15, 0.2) is 12.1 Å². The van der Waals surface area contributed by atoms with E-state index in [4.69, 9.17) is 5.73 Å². The summed E-state index contributed by atoms with van der Waals surface area (Å²) >= 11 is 0. The highest BCUT2D eigenvalue weighted by atomic mass is 19.3. The highest BCUT2D eigenvalue weighted by molar-refractivity contribution is 5.63. The molecule has 0 unspecified atom stereocenters. The number of halogens is 4. The van der Waals surface area contributed by atoms with E-state index in [1.807, 2.05) is 0 Å². The first-order valence-corrected chi connectivity index (χ1v) is 4.20. The van der Waals surface area contributed by atoms with Crippen molar-refractivity contribution in [2.24, 2.45) is 0 Å². The summed E-state index contributed by atoms with van der Waals surface area (Å²) in [6.45, 7) is 0. The van der Waals surface area contributed by atoms with Crippen molar-refractivity contribution in [3.63, 3.8) is 0 Å². The molecule has 17 heavy (non-hydrogen) atoms. The Hall–Kier alpha value is -1.90. The number of nitrogens with zero attached hydrogens (tertiary/aromatic N) is 1. The smallest absolute Gasteiger partial charge is 0.388 e. The van der Waals surface area contributed by atoms with Crippen molar-refractivity contribution in [3.8, 4) is 0 Å². The first-order chi connectivity index (χ1) is 7.65. The van der Waals surface area contributed by atoms with E-state index in [0.717, 1.165) is 0 Å². The number of nitro groups is 1. The van der Waals surface area contributed by atoms with Crippen molar-refractivity contribution in [3.05, 3.63) is 33.4 Å². The molecular weight excluding hydrogens is 248 g/mol. The zero-order valence-corrected chi connectivity index (χ0v) is 7.92. The van der Waals surface area contributed by atoms with Gasteiger partial charge in [0.05, 0.1) is 16.1 Å². The van der Waals surface area contributed by atoms with Gasteiger partial charge in [-0.2, -0.15) is 17.6 Å². The molecule has 1 aromatic rings. The van der Waals surface area contributed by atoms with E-state index in [1.165, 1.54) is 0 Å². The van der Waals surface area contributed by atoms with Gasteiger partial charge in [-0.3, -0.25) is 10.1 Å². The molecule has 1 heterocycles. The molecule has 0 atom stereocenters. The molecule has 0 saturated heterocycles. The molecule has 2 N–H and O–H groups in total. The van der Waals surface area contributed by atoms with Gasteiger partial charge in [0.25, 0.3) is 5.69 Å². The number of nitrogen functional groups attached to an aromatic ring is 1. The lowest BCUT2D eigenvalue weighted by Crippen LogP contribution is -2.17. The van der Waals surface area contributed by atoms with Crippen molar-refractivity contribution < 1.29 is 27.2 Å². The summed E-state index contributed by atoms with van der Waals surface area (Å²) in [7, 11) is 0. The van der Waals surface area contributed by atoms with E-state index in [-0.39, 0.29) is 0 Å². The topological polar surface area (TPSA) is 78.4 Å². The second-order valence-corrected chi connectivity index (χ2v) is 3.35. The monoisotopic (exact) mass is 252 g/mol. The minimum atomic E-state index is -4.28. The second-order valence-electron chi connectivity index (χ2n) is 3.35. The molecule has 0 spiro atoms. The van der Waals surface area contributed by atoms with Gasteiger partial charge >= 0.3 is 12.2 Å². The lowest BCUT2D eigenvalue weighted by Gasteiger charge is -2.10. The third-order valence-corrected chi connectivity index (χ3v) is 2.25. The molecular formula is C8H4F4N2O3. The van der Waals surface area contributed by atoms with Crippen molar-refractivity contribution in [2.45, 2.75) is 12.2 Å². The lowest BCUT2D eigenvalue weighted by molar-refractivity contribution is -0.384. The van der Waals surface area contributed by atoms with Crippen LogP contribution in [0.2, 0.25) is 0 Å². The van der Waals surface area contributed by atoms with Crippen LogP contribution in [0.4, 0.5) is 28.9 Å². The van der Waals surface area contributed by atoms with Gasteiger partial charge in [0, 0.05) is 6.07 Å². The highest BCUT2D eigenvalue weighted by Gasteiger charge is 2.58. The van der Waals surface area contributed by atoms with Gasteiger partial charge in [-0.15, -0.1) is 0 Å². The number of benzene rings is 1. The van der Waals surface area contributed by atoms with Gasteiger partial charge in [0.1, 0.15) is 5.69 Å². The molecule has 0 radical (unpaired) electrons. The molecule has 0 aromatic heterocycles. The summed E-state index contributed by atoms with van der Waals surface area (Å²) < 4.78 is 55.4. The molecule has 0 aliphatic carbocycles. The minimum Gasteiger partial charge on any atom is -0.393 e. The maximum Gasteiger partial charge on any atom is 0.388 e. The molecule has 1 aromatic carbocycles. The Balaban J connectivity index is 2.72. The molecule has 9 heteroatoms. The lowest BCUT2D eigenvalue weighted by atomic mass is 10.1. The molecule has 0 bridgehead atoms. The Labute approximate surface area is 90.9 Å². The number of nitro benzene ring substituents is 1. The van der Waals surface area contributed by atoms with Crippen molar-refractivity contribution in [1.29, 1.82) is 0 Å². The SMILES string of the molecule is Nc1cc2c(cc1[N+](=O)[O-])C(F)(F)OC2(F)F. The number of ether oxygens (including phenoxy) is 1. The van der Waals surface area contributed by atoms with Crippen LogP contribution in [0.1, 0.15) is 11.1 Å². The van der Waals surface area contributed by atoms with E-state index in [1.54, 1.807) is 0 Å². The predicted octanol–water partition coefficient (Wildman–Crippen LogP) is 2.31. The number of nitrogens with two attached hydrogens (primary N) is 1. The van der Waals surface area contributed by atoms with Gasteiger partial charge in [0.2, 0.25) is 0 Å². The average Bonchev–Trinajstić information content (AvgIpc) is 2.30. The zero-order chi connectivity index (χ0) is 13.0. The van der Waals surface area contributed by atoms with E-state index >= 15 is 0 Å². The van der Waals surface area contributed by atoms with E-state index < -0.39 is 39.6 Å². The number of fused-ring (bicyclic) bond motifs is 1. The standard InChI is InChI=1S/C8H4F4N2O3/c9-7(10)3-1-5(13)6(14(15)16)2-4(3)8(11,12)17-7/h1-2H,13H2. The number of rotatable bonds is 1. The van der Waals surface area contributed by atoms with Gasteiger partial charge < -0.3 is 5.73 Å². The van der Waals surface area contributed by atoms with E-state index in [2.05, 4.69) is 4.74 Å². The maximum absolute atomic E-state index is 13.0. The molecule has 0 amide bonds. The summed E-state index contributed by atoms with van der Waals surface area (Å²) in [5, 5.41) is 10.4. The second kappa shape index (κ2) is 3.06. The van der Waals surface area contributed by atoms with Crippen LogP contribution in [0.3, 0.4) is 0 Å². The van der Waals surface area contributed by atoms with E-state index in [9.17, 15) is 27.7 Å². The van der Waals surface area contributed by atoms with Crippen molar-refractivity contribution in [1.82, 2.24) is 0 Å². The fraction of sp³-hybridized carbons (Fsp3) is 0.250. The number of anilines is 1. The minimum absolute atomic E-state index is 0.297. The van der Waals surface area contributed by atoms with Crippen LogP contribution < -0.4 is 5.73 Å². The van der Waals surface area contributed by atoms with Crippen LogP contribution in [0.25, 0.3) is 0 Å². The summed E-state index contributed by atoms with van der Waals surface area (Å²) in [6.07, 6.45) is -8.50. The summed E-state index contributed by atoms with van der Waals surface area (Å²) in [5.74, 6) is 0. The Bertz CT molecular complexity index is 518. The highest BCUT2D eigenvalue weighted by Crippen LogP contribution is 2.52. The number of hydrogen-bond donors (Lipinski definition) is 1. The molecule has 0 fully saturated rings. The Morgan fingerprint density at radius 3 is 2.12 bits per heavy atom. The predicted molar refractivity (Wildman–Crippen MR) is 46.4 cm³/mol. The van der Waals surface area contributed by atoms with Crippen molar-refractivity contribution >= 4 is 11.4 Å². The molecule has 1 aliphatic heterocycles. The third kappa shape index (κ3) is 1.58. The normalized spacial score (nSPS) is 20.0. The van der Waals surface area contributed by atoms with Crippen LogP contribution in [-0.4, -0.2) is 4.92 Å². The van der Waals surface area contributed by atoms with Crippen LogP contribution in [-0.2, 0) is 17.0 Å². The number of hydrogen-bond acceptors (Lipinski definition) is 4. The quantitative estimate of drug-likeness (QED) is 0.360. The molecule has 5 nitrogen and oxygen atoms in total. The van der Waals surface area contributed by atoms with Crippen molar-refractivity contribution in [2.75, 3.05) is 5.73 Å².